The van der Waals surface area contributed by atoms with E-state index in [9.17, 15) is 9.90 Å². The molecule has 0 heterocycles. The number of amides is 1. The van der Waals surface area contributed by atoms with Crippen molar-refractivity contribution in [3.8, 4) is 11.5 Å². The van der Waals surface area contributed by atoms with Crippen LogP contribution in [0.25, 0.3) is 0 Å². The molecule has 1 aromatic rings. The molecule has 19 heavy (non-hydrogen) atoms. The van der Waals surface area contributed by atoms with Gasteiger partial charge < -0.3 is 20.1 Å². The van der Waals surface area contributed by atoms with Crippen molar-refractivity contribution in [2.24, 2.45) is 5.92 Å². The Morgan fingerprint density at radius 1 is 1.53 bits per heavy atom. The van der Waals surface area contributed by atoms with E-state index in [1.54, 1.807) is 32.4 Å². The number of nitrogens with one attached hydrogen (secondary N) is 1. The number of phenolic OH excluding ortho intramolecular Hbond substituents is 1. The Kier molecular flexibility index (Phi) is 5.63. The number of hydrogen-bond donors (Lipinski definition) is 2. The van der Waals surface area contributed by atoms with Crippen LogP contribution in [0.15, 0.2) is 18.2 Å². The summed E-state index contributed by atoms with van der Waals surface area (Å²) in [5.74, 6) is 0.866. The molecule has 0 fully saturated rings. The van der Waals surface area contributed by atoms with Crippen molar-refractivity contribution in [3.05, 3.63) is 23.8 Å². The molecular weight excluding hydrogens is 244 g/mol. The molecule has 0 aliphatic rings. The van der Waals surface area contributed by atoms with Crippen LogP contribution in [0.3, 0.4) is 0 Å². The fraction of sp³-hybridized carbons (Fsp3) is 0.500. The van der Waals surface area contributed by atoms with Crippen molar-refractivity contribution in [1.29, 1.82) is 0 Å². The number of benzene rings is 1. The second-order valence-electron chi connectivity index (χ2n) is 4.71. The number of phenols is 1. The summed E-state index contributed by atoms with van der Waals surface area (Å²) < 4.78 is 5.13. The van der Waals surface area contributed by atoms with Gasteiger partial charge in [0, 0.05) is 31.6 Å². The molecule has 0 aromatic heterocycles. The van der Waals surface area contributed by atoms with Crippen molar-refractivity contribution >= 4 is 5.91 Å². The van der Waals surface area contributed by atoms with Crippen molar-refractivity contribution in [3.63, 3.8) is 0 Å². The molecular formula is C14H22N2O3. The molecule has 0 bridgehead atoms. The van der Waals surface area contributed by atoms with Gasteiger partial charge in [0.1, 0.15) is 11.5 Å². The smallest absolute Gasteiger partial charge is 0.223 e. The SMILES string of the molecule is CNC(=O)C(C)CN(C)Cc1cc(OC)ccc1O. The lowest BCUT2D eigenvalue weighted by atomic mass is 10.1. The highest BCUT2D eigenvalue weighted by atomic mass is 16.5. The Balaban J connectivity index is 2.66. The molecule has 5 nitrogen and oxygen atoms in total. The zero-order valence-corrected chi connectivity index (χ0v) is 11.9. The number of methoxy groups -OCH3 is 1. The first kappa shape index (κ1) is 15.3. The van der Waals surface area contributed by atoms with Crippen molar-refractivity contribution < 1.29 is 14.6 Å². The number of ether oxygens (including phenoxy) is 1. The standard InChI is InChI=1S/C14H22N2O3/c1-10(14(18)15-2)8-16(3)9-11-7-12(19-4)5-6-13(11)17/h5-7,10,17H,8-9H2,1-4H3,(H,15,18). The number of nitrogens with zero attached hydrogens (tertiary/aromatic N) is 1. The molecule has 0 radical (unpaired) electrons. The van der Waals surface area contributed by atoms with Gasteiger partial charge in [-0.25, -0.2) is 0 Å². The van der Waals surface area contributed by atoms with Crippen LogP contribution in [0.4, 0.5) is 0 Å². The topological polar surface area (TPSA) is 61.8 Å². The minimum Gasteiger partial charge on any atom is -0.508 e. The number of carbonyl (C=O) groups is 1. The van der Waals surface area contributed by atoms with E-state index in [-0.39, 0.29) is 17.6 Å². The van der Waals surface area contributed by atoms with Gasteiger partial charge in [0.2, 0.25) is 5.91 Å². The average Bonchev–Trinajstić information content (AvgIpc) is 2.40. The second-order valence-corrected chi connectivity index (χ2v) is 4.71. The second kappa shape index (κ2) is 6.99. The monoisotopic (exact) mass is 266 g/mol. The third-order valence-corrected chi connectivity index (χ3v) is 3.01. The molecule has 1 aromatic carbocycles. The third-order valence-electron chi connectivity index (χ3n) is 3.01. The van der Waals surface area contributed by atoms with Gasteiger partial charge >= 0.3 is 0 Å². The third kappa shape index (κ3) is 4.44. The first-order valence-electron chi connectivity index (χ1n) is 6.24. The van der Waals surface area contributed by atoms with Crippen LogP contribution in [-0.4, -0.2) is 43.7 Å². The van der Waals surface area contributed by atoms with Gasteiger partial charge in [0.15, 0.2) is 0 Å². The number of rotatable bonds is 6. The predicted octanol–water partition coefficient (Wildman–Crippen LogP) is 1.21. The Morgan fingerprint density at radius 3 is 2.79 bits per heavy atom. The maximum atomic E-state index is 11.5. The molecule has 0 spiro atoms. The van der Waals surface area contributed by atoms with E-state index in [4.69, 9.17) is 4.74 Å². The highest BCUT2D eigenvalue weighted by Gasteiger charge is 2.14. The summed E-state index contributed by atoms with van der Waals surface area (Å²) in [6, 6.07) is 5.13. The number of aromatic hydroxyl groups is 1. The lowest BCUT2D eigenvalue weighted by Crippen LogP contribution is -2.34. The van der Waals surface area contributed by atoms with E-state index >= 15 is 0 Å². The maximum absolute atomic E-state index is 11.5. The van der Waals surface area contributed by atoms with Crippen LogP contribution >= 0.6 is 0 Å². The van der Waals surface area contributed by atoms with E-state index in [1.807, 2.05) is 18.9 Å². The van der Waals surface area contributed by atoms with Crippen LogP contribution in [0.5, 0.6) is 11.5 Å². The molecule has 1 amide bonds. The summed E-state index contributed by atoms with van der Waals surface area (Å²) in [7, 11) is 5.14. The molecule has 2 N–H and O–H groups in total. The van der Waals surface area contributed by atoms with Gasteiger partial charge in [0.25, 0.3) is 0 Å². The van der Waals surface area contributed by atoms with E-state index in [2.05, 4.69) is 5.32 Å². The molecule has 1 atom stereocenters. The van der Waals surface area contributed by atoms with E-state index < -0.39 is 0 Å². The predicted molar refractivity (Wildman–Crippen MR) is 74.2 cm³/mol. The van der Waals surface area contributed by atoms with Crippen molar-refractivity contribution in [2.45, 2.75) is 13.5 Å². The lowest BCUT2D eigenvalue weighted by molar-refractivity contribution is -0.124. The van der Waals surface area contributed by atoms with E-state index in [0.717, 1.165) is 5.56 Å². The van der Waals surface area contributed by atoms with Gasteiger partial charge in [0.05, 0.1) is 7.11 Å². The fourth-order valence-corrected chi connectivity index (χ4v) is 1.97. The molecule has 1 unspecified atom stereocenters. The van der Waals surface area contributed by atoms with Crippen molar-refractivity contribution in [2.75, 3.05) is 27.7 Å². The molecule has 0 saturated carbocycles. The molecule has 1 rings (SSSR count). The Hall–Kier alpha value is -1.75. The summed E-state index contributed by atoms with van der Waals surface area (Å²) in [6.45, 7) is 3.06. The van der Waals surface area contributed by atoms with Gasteiger partial charge in [-0.3, -0.25) is 4.79 Å². The zero-order chi connectivity index (χ0) is 14.4. The van der Waals surface area contributed by atoms with Gasteiger partial charge in [-0.15, -0.1) is 0 Å². The minimum absolute atomic E-state index is 0.0155. The molecule has 106 valence electrons. The first-order valence-corrected chi connectivity index (χ1v) is 6.24. The van der Waals surface area contributed by atoms with Gasteiger partial charge in [-0.2, -0.15) is 0 Å². The fourth-order valence-electron chi connectivity index (χ4n) is 1.97. The molecule has 5 heteroatoms. The lowest BCUT2D eigenvalue weighted by Gasteiger charge is -2.21. The normalized spacial score (nSPS) is 12.3. The van der Waals surface area contributed by atoms with Crippen LogP contribution in [-0.2, 0) is 11.3 Å². The van der Waals surface area contributed by atoms with Crippen LogP contribution in [0, 0.1) is 5.92 Å². The highest BCUT2D eigenvalue weighted by Crippen LogP contribution is 2.24. The maximum Gasteiger partial charge on any atom is 0.223 e. The Bertz CT molecular complexity index is 435. The van der Waals surface area contributed by atoms with E-state index in [0.29, 0.717) is 18.8 Å². The van der Waals surface area contributed by atoms with Crippen LogP contribution < -0.4 is 10.1 Å². The largest absolute Gasteiger partial charge is 0.508 e. The number of carbonyl (C=O) groups excluding carboxylic acids is 1. The van der Waals surface area contributed by atoms with Crippen molar-refractivity contribution in [1.82, 2.24) is 10.2 Å². The molecule has 0 aliphatic carbocycles. The molecule has 0 aliphatic heterocycles. The number of hydrogen-bond acceptors (Lipinski definition) is 4. The van der Waals surface area contributed by atoms with Crippen LogP contribution in [0.1, 0.15) is 12.5 Å². The summed E-state index contributed by atoms with van der Waals surface area (Å²) in [5.41, 5.74) is 0.783. The summed E-state index contributed by atoms with van der Waals surface area (Å²) in [4.78, 5) is 13.5. The van der Waals surface area contributed by atoms with Crippen LogP contribution in [0.2, 0.25) is 0 Å². The summed E-state index contributed by atoms with van der Waals surface area (Å²) >= 11 is 0. The summed E-state index contributed by atoms with van der Waals surface area (Å²) in [6.07, 6.45) is 0. The minimum atomic E-state index is -0.0947. The first-order chi connectivity index (χ1) is 8.97. The average molecular weight is 266 g/mol. The quantitative estimate of drug-likeness (QED) is 0.812. The Labute approximate surface area is 114 Å². The van der Waals surface area contributed by atoms with Gasteiger partial charge in [-0.05, 0) is 25.2 Å². The Morgan fingerprint density at radius 2 is 2.21 bits per heavy atom. The van der Waals surface area contributed by atoms with E-state index in [1.165, 1.54) is 0 Å². The highest BCUT2D eigenvalue weighted by molar-refractivity contribution is 5.78. The van der Waals surface area contributed by atoms with Gasteiger partial charge in [-0.1, -0.05) is 6.92 Å². The summed E-state index contributed by atoms with van der Waals surface area (Å²) in [5, 5.41) is 12.4. The molecule has 0 saturated heterocycles. The zero-order valence-electron chi connectivity index (χ0n) is 11.9.